The second kappa shape index (κ2) is 3.96. The summed E-state index contributed by atoms with van der Waals surface area (Å²) in [7, 11) is 2.11. The topological polar surface area (TPSA) is 47.9 Å². The molecule has 0 bridgehead atoms. The molecule has 0 aromatic rings. The molecule has 1 N–H and O–H groups in total. The van der Waals surface area contributed by atoms with E-state index in [1.54, 1.807) is 0 Å². The fourth-order valence-electron chi connectivity index (χ4n) is 1.69. The highest BCUT2D eigenvalue weighted by atomic mass is 16.1. The third kappa shape index (κ3) is 2.04. The molecular formula is C9H16N4O. The molecule has 0 unspecified atom stereocenters. The number of piperazine rings is 1. The van der Waals surface area contributed by atoms with Crippen molar-refractivity contribution < 1.29 is 4.79 Å². The maximum Gasteiger partial charge on any atom is 0.228 e. The first-order valence-corrected chi connectivity index (χ1v) is 5.03. The molecule has 1 amide bonds. The zero-order chi connectivity index (χ0) is 9.97. The Morgan fingerprint density at radius 3 is 2.64 bits per heavy atom. The van der Waals surface area contributed by atoms with Gasteiger partial charge in [0.15, 0.2) is 0 Å². The van der Waals surface area contributed by atoms with Crippen LogP contribution in [0, 0.1) is 0 Å². The Morgan fingerprint density at radius 2 is 2.00 bits per heavy atom. The number of likely N-dealkylation sites (N-methyl/N-ethyl adjacent to an activating group) is 1. The standard InChI is InChI=1S/C9H16N4O/c1-12-4-6-13(7-5-12)9-10-3-2-8(14)11-9/h2-7H2,1H3,(H,10,11,14). The quantitative estimate of drug-likeness (QED) is 0.547. The number of guanidine groups is 1. The Hall–Kier alpha value is -1.10. The Labute approximate surface area is 83.8 Å². The van der Waals surface area contributed by atoms with Crippen molar-refractivity contribution in [2.75, 3.05) is 39.8 Å². The second-order valence-electron chi connectivity index (χ2n) is 3.79. The lowest BCUT2D eigenvalue weighted by molar-refractivity contribution is -0.120. The molecule has 14 heavy (non-hydrogen) atoms. The predicted octanol–water partition coefficient (Wildman–Crippen LogP) is -0.890. The van der Waals surface area contributed by atoms with Crippen LogP contribution < -0.4 is 5.32 Å². The minimum Gasteiger partial charge on any atom is -0.340 e. The lowest BCUT2D eigenvalue weighted by Gasteiger charge is -2.35. The fourth-order valence-corrected chi connectivity index (χ4v) is 1.69. The van der Waals surface area contributed by atoms with Gasteiger partial charge in [0.05, 0.1) is 6.54 Å². The minimum absolute atomic E-state index is 0.0916. The highest BCUT2D eigenvalue weighted by Crippen LogP contribution is 2.02. The number of amides is 1. The van der Waals surface area contributed by atoms with E-state index in [1.165, 1.54) is 0 Å². The highest BCUT2D eigenvalue weighted by molar-refractivity contribution is 5.98. The van der Waals surface area contributed by atoms with E-state index in [0.717, 1.165) is 32.1 Å². The predicted molar refractivity (Wildman–Crippen MR) is 54.1 cm³/mol. The summed E-state index contributed by atoms with van der Waals surface area (Å²) >= 11 is 0. The largest absolute Gasteiger partial charge is 0.340 e. The molecule has 0 spiro atoms. The summed E-state index contributed by atoms with van der Waals surface area (Å²) < 4.78 is 0. The van der Waals surface area contributed by atoms with E-state index >= 15 is 0 Å². The molecule has 5 heteroatoms. The molecule has 0 saturated carbocycles. The van der Waals surface area contributed by atoms with Crippen molar-refractivity contribution in [3.05, 3.63) is 0 Å². The summed E-state index contributed by atoms with van der Waals surface area (Å²) in [5.41, 5.74) is 0. The number of hydrogen-bond donors (Lipinski definition) is 1. The van der Waals surface area contributed by atoms with Crippen LogP contribution in [0.1, 0.15) is 6.42 Å². The van der Waals surface area contributed by atoms with E-state index in [2.05, 4.69) is 27.2 Å². The number of aliphatic imine (C=N–C) groups is 1. The van der Waals surface area contributed by atoms with E-state index in [4.69, 9.17) is 0 Å². The summed E-state index contributed by atoms with van der Waals surface area (Å²) in [6, 6.07) is 0. The third-order valence-corrected chi connectivity index (χ3v) is 2.65. The Balaban J connectivity index is 1.94. The van der Waals surface area contributed by atoms with Crippen molar-refractivity contribution >= 4 is 11.9 Å². The summed E-state index contributed by atoms with van der Waals surface area (Å²) in [6.07, 6.45) is 0.525. The molecule has 2 aliphatic rings. The normalized spacial score (nSPS) is 24.5. The van der Waals surface area contributed by atoms with Gasteiger partial charge in [-0.15, -0.1) is 0 Å². The summed E-state index contributed by atoms with van der Waals surface area (Å²) in [5, 5.41) is 2.82. The van der Waals surface area contributed by atoms with E-state index < -0.39 is 0 Å². The Bertz CT molecular complexity index is 256. The van der Waals surface area contributed by atoms with E-state index in [9.17, 15) is 4.79 Å². The molecule has 0 aromatic heterocycles. The van der Waals surface area contributed by atoms with Crippen LogP contribution in [0.25, 0.3) is 0 Å². The zero-order valence-corrected chi connectivity index (χ0v) is 8.49. The van der Waals surface area contributed by atoms with E-state index in [0.29, 0.717) is 13.0 Å². The van der Waals surface area contributed by atoms with Crippen molar-refractivity contribution in [1.29, 1.82) is 0 Å². The number of nitrogens with one attached hydrogen (secondary N) is 1. The van der Waals surface area contributed by atoms with Gasteiger partial charge in [0.2, 0.25) is 11.9 Å². The fraction of sp³-hybridized carbons (Fsp3) is 0.778. The molecule has 1 saturated heterocycles. The lowest BCUT2D eigenvalue weighted by atomic mass is 10.3. The lowest BCUT2D eigenvalue weighted by Crippen LogP contribution is -2.53. The molecule has 0 atom stereocenters. The Kier molecular flexibility index (Phi) is 2.67. The summed E-state index contributed by atoms with van der Waals surface area (Å²) in [5.74, 6) is 0.864. The van der Waals surface area contributed by atoms with Crippen LogP contribution >= 0.6 is 0 Å². The van der Waals surface area contributed by atoms with Crippen LogP contribution in [0.5, 0.6) is 0 Å². The molecule has 1 fully saturated rings. The summed E-state index contributed by atoms with van der Waals surface area (Å²) in [4.78, 5) is 19.9. The first-order chi connectivity index (χ1) is 6.75. The van der Waals surface area contributed by atoms with Crippen molar-refractivity contribution in [2.45, 2.75) is 6.42 Å². The van der Waals surface area contributed by atoms with Crippen LogP contribution in [0.4, 0.5) is 0 Å². The molecule has 2 aliphatic heterocycles. The summed E-state index contributed by atoms with van der Waals surface area (Å²) in [6.45, 7) is 4.61. The maximum absolute atomic E-state index is 11.2. The average Bonchev–Trinajstić information content (AvgIpc) is 2.19. The first kappa shape index (κ1) is 9.45. The number of rotatable bonds is 0. The van der Waals surface area contributed by atoms with Gasteiger partial charge in [-0.2, -0.15) is 0 Å². The van der Waals surface area contributed by atoms with Gasteiger partial charge in [0, 0.05) is 32.6 Å². The highest BCUT2D eigenvalue weighted by Gasteiger charge is 2.20. The van der Waals surface area contributed by atoms with E-state index in [-0.39, 0.29) is 5.91 Å². The molecule has 0 aromatic carbocycles. The SMILES string of the molecule is CN1CCN(C2=NCCC(=O)N2)CC1. The van der Waals surface area contributed by atoms with Crippen LogP contribution in [0.15, 0.2) is 4.99 Å². The molecule has 0 radical (unpaired) electrons. The molecule has 0 aliphatic carbocycles. The van der Waals surface area contributed by atoms with Gasteiger partial charge in [-0.3, -0.25) is 15.1 Å². The molecule has 2 rings (SSSR count). The monoisotopic (exact) mass is 196 g/mol. The smallest absolute Gasteiger partial charge is 0.228 e. The van der Waals surface area contributed by atoms with Gasteiger partial charge in [-0.1, -0.05) is 0 Å². The average molecular weight is 196 g/mol. The maximum atomic E-state index is 11.2. The minimum atomic E-state index is 0.0916. The van der Waals surface area contributed by atoms with Crippen LogP contribution in [0.2, 0.25) is 0 Å². The third-order valence-electron chi connectivity index (χ3n) is 2.65. The second-order valence-corrected chi connectivity index (χ2v) is 3.79. The first-order valence-electron chi connectivity index (χ1n) is 5.03. The molecule has 5 nitrogen and oxygen atoms in total. The number of carbonyl (C=O) groups excluding carboxylic acids is 1. The number of carbonyl (C=O) groups is 1. The van der Waals surface area contributed by atoms with Crippen LogP contribution in [0.3, 0.4) is 0 Å². The van der Waals surface area contributed by atoms with Gasteiger partial charge in [-0.25, -0.2) is 0 Å². The Morgan fingerprint density at radius 1 is 1.29 bits per heavy atom. The van der Waals surface area contributed by atoms with Crippen molar-refractivity contribution in [3.8, 4) is 0 Å². The van der Waals surface area contributed by atoms with Gasteiger partial charge in [-0.05, 0) is 7.05 Å². The molecule has 2 heterocycles. The molecular weight excluding hydrogens is 180 g/mol. The van der Waals surface area contributed by atoms with Crippen molar-refractivity contribution in [3.63, 3.8) is 0 Å². The van der Waals surface area contributed by atoms with Crippen LogP contribution in [-0.4, -0.2) is 61.4 Å². The van der Waals surface area contributed by atoms with Gasteiger partial charge < -0.3 is 9.80 Å². The van der Waals surface area contributed by atoms with Gasteiger partial charge in [0.1, 0.15) is 0 Å². The van der Waals surface area contributed by atoms with Gasteiger partial charge >= 0.3 is 0 Å². The number of nitrogens with zero attached hydrogens (tertiary/aromatic N) is 3. The van der Waals surface area contributed by atoms with Crippen molar-refractivity contribution in [2.24, 2.45) is 4.99 Å². The molecule has 78 valence electrons. The van der Waals surface area contributed by atoms with Crippen LogP contribution in [-0.2, 0) is 4.79 Å². The van der Waals surface area contributed by atoms with E-state index in [1.807, 2.05) is 0 Å². The van der Waals surface area contributed by atoms with Crippen molar-refractivity contribution in [1.82, 2.24) is 15.1 Å². The zero-order valence-electron chi connectivity index (χ0n) is 8.49. The number of hydrogen-bond acceptors (Lipinski definition) is 4. The van der Waals surface area contributed by atoms with Gasteiger partial charge in [0.25, 0.3) is 0 Å².